The molecule has 1 amide bonds. The summed E-state index contributed by atoms with van der Waals surface area (Å²) >= 11 is 11.8. The van der Waals surface area contributed by atoms with Crippen LogP contribution in [0.3, 0.4) is 0 Å². The van der Waals surface area contributed by atoms with Crippen molar-refractivity contribution in [3.8, 4) is 5.75 Å². The highest BCUT2D eigenvalue weighted by Crippen LogP contribution is 2.27. The Morgan fingerprint density at radius 2 is 1.83 bits per heavy atom. The van der Waals surface area contributed by atoms with Crippen LogP contribution in [0.15, 0.2) is 54.6 Å². The van der Waals surface area contributed by atoms with E-state index in [2.05, 4.69) is 5.32 Å². The predicted molar refractivity (Wildman–Crippen MR) is 94.4 cm³/mol. The summed E-state index contributed by atoms with van der Waals surface area (Å²) in [5.74, 6) is -0.0112. The molecule has 23 heavy (non-hydrogen) atoms. The summed E-state index contributed by atoms with van der Waals surface area (Å²) in [6.07, 6.45) is 0.187. The van der Waals surface area contributed by atoms with Crippen molar-refractivity contribution in [1.82, 2.24) is 0 Å². The number of phenols is 1. The number of aromatic hydroxyl groups is 1. The molecule has 0 heterocycles. The first-order valence-corrected chi connectivity index (χ1v) is 7.74. The number of rotatable bonds is 3. The highest BCUT2D eigenvalue weighted by molar-refractivity contribution is 6.42. The number of amides is 1. The van der Waals surface area contributed by atoms with Gasteiger partial charge in [-0.25, -0.2) is 0 Å². The van der Waals surface area contributed by atoms with Gasteiger partial charge in [-0.3, -0.25) is 4.79 Å². The summed E-state index contributed by atoms with van der Waals surface area (Å²) < 4.78 is 0. The molecule has 0 aromatic heterocycles. The minimum Gasteiger partial charge on any atom is -0.508 e. The number of nitrogens with one attached hydrogen (secondary N) is 1. The second-order valence-corrected chi connectivity index (χ2v) is 6.00. The van der Waals surface area contributed by atoms with Crippen LogP contribution in [0.25, 0.3) is 10.8 Å². The summed E-state index contributed by atoms with van der Waals surface area (Å²) in [7, 11) is 0. The number of anilines is 1. The van der Waals surface area contributed by atoms with E-state index in [1.807, 2.05) is 12.1 Å². The largest absolute Gasteiger partial charge is 0.508 e. The predicted octanol–water partition coefficient (Wildman–Crippen LogP) is 5.03. The van der Waals surface area contributed by atoms with Gasteiger partial charge in [0.25, 0.3) is 0 Å². The molecule has 0 atom stereocenters. The minimum absolute atomic E-state index is 0.156. The lowest BCUT2D eigenvalue weighted by Gasteiger charge is -2.09. The standard InChI is InChI=1S/C18H13Cl2NO2/c19-15-7-4-11(8-16(15)20)9-18(23)21-17-3-1-2-12-5-6-13(22)10-14(12)17/h1-8,10,22H,9H2,(H,21,23). The highest BCUT2D eigenvalue weighted by Gasteiger charge is 2.09. The number of phenolic OH excluding ortho intramolecular Hbond substituents is 1. The van der Waals surface area contributed by atoms with Crippen LogP contribution in [0.4, 0.5) is 5.69 Å². The molecule has 0 fully saturated rings. The van der Waals surface area contributed by atoms with E-state index < -0.39 is 0 Å². The number of carbonyl (C=O) groups excluding carboxylic acids is 1. The first-order valence-electron chi connectivity index (χ1n) is 6.98. The molecule has 0 bridgehead atoms. The monoisotopic (exact) mass is 345 g/mol. The van der Waals surface area contributed by atoms with Gasteiger partial charge in [0.05, 0.1) is 16.5 Å². The fourth-order valence-electron chi connectivity index (χ4n) is 2.40. The molecule has 3 nitrogen and oxygen atoms in total. The fraction of sp³-hybridized carbons (Fsp3) is 0.0556. The molecular formula is C18H13Cl2NO2. The second-order valence-electron chi connectivity index (χ2n) is 5.18. The van der Waals surface area contributed by atoms with E-state index in [0.717, 1.165) is 16.3 Å². The second kappa shape index (κ2) is 6.49. The number of fused-ring (bicyclic) bond motifs is 1. The van der Waals surface area contributed by atoms with Crippen molar-refractivity contribution in [2.24, 2.45) is 0 Å². The summed E-state index contributed by atoms with van der Waals surface area (Å²) in [5, 5.41) is 15.1. The third kappa shape index (κ3) is 3.58. The maximum atomic E-state index is 12.3. The third-order valence-corrected chi connectivity index (χ3v) is 4.23. The smallest absolute Gasteiger partial charge is 0.228 e. The molecule has 0 saturated carbocycles. The van der Waals surface area contributed by atoms with Gasteiger partial charge in [0, 0.05) is 11.1 Å². The van der Waals surface area contributed by atoms with Crippen molar-refractivity contribution < 1.29 is 9.90 Å². The lowest BCUT2D eigenvalue weighted by atomic mass is 10.1. The number of hydrogen-bond donors (Lipinski definition) is 2. The van der Waals surface area contributed by atoms with Gasteiger partial charge in [0.1, 0.15) is 5.75 Å². The van der Waals surface area contributed by atoms with Crippen molar-refractivity contribution in [3.63, 3.8) is 0 Å². The van der Waals surface area contributed by atoms with Gasteiger partial charge >= 0.3 is 0 Å². The van der Waals surface area contributed by atoms with Crippen LogP contribution in [-0.2, 0) is 11.2 Å². The third-order valence-electron chi connectivity index (χ3n) is 3.49. The molecule has 0 saturated heterocycles. The molecule has 0 aliphatic carbocycles. The number of halogens is 2. The Balaban J connectivity index is 1.82. The van der Waals surface area contributed by atoms with Crippen molar-refractivity contribution in [2.45, 2.75) is 6.42 Å². The van der Waals surface area contributed by atoms with Gasteiger partial charge in [-0.2, -0.15) is 0 Å². The Hall–Kier alpha value is -2.23. The zero-order valence-corrected chi connectivity index (χ0v) is 13.5. The summed E-state index contributed by atoms with van der Waals surface area (Å²) in [6, 6.07) is 15.7. The zero-order valence-electron chi connectivity index (χ0n) is 12.0. The van der Waals surface area contributed by atoms with Crippen molar-refractivity contribution in [1.29, 1.82) is 0 Å². The van der Waals surface area contributed by atoms with Crippen LogP contribution in [0.2, 0.25) is 10.0 Å². The van der Waals surface area contributed by atoms with Crippen LogP contribution >= 0.6 is 23.2 Å². The maximum absolute atomic E-state index is 12.3. The van der Waals surface area contributed by atoms with E-state index >= 15 is 0 Å². The van der Waals surface area contributed by atoms with E-state index in [0.29, 0.717) is 15.7 Å². The molecular weight excluding hydrogens is 333 g/mol. The van der Waals surface area contributed by atoms with Crippen LogP contribution in [0.1, 0.15) is 5.56 Å². The zero-order chi connectivity index (χ0) is 16.4. The lowest BCUT2D eigenvalue weighted by Crippen LogP contribution is -2.14. The van der Waals surface area contributed by atoms with Crippen LogP contribution < -0.4 is 5.32 Å². The minimum atomic E-state index is -0.167. The molecule has 0 spiro atoms. The molecule has 0 aliphatic heterocycles. The van der Waals surface area contributed by atoms with Crippen molar-refractivity contribution in [2.75, 3.05) is 5.32 Å². The molecule has 116 valence electrons. The quantitative estimate of drug-likeness (QED) is 0.699. The SMILES string of the molecule is O=C(Cc1ccc(Cl)c(Cl)c1)Nc1cccc2ccc(O)cc12. The van der Waals surface area contributed by atoms with E-state index in [-0.39, 0.29) is 18.1 Å². The Bertz CT molecular complexity index is 893. The maximum Gasteiger partial charge on any atom is 0.228 e. The van der Waals surface area contributed by atoms with Gasteiger partial charge < -0.3 is 10.4 Å². The molecule has 0 aliphatic rings. The summed E-state index contributed by atoms with van der Waals surface area (Å²) in [5.41, 5.74) is 1.43. The van der Waals surface area contributed by atoms with Gasteiger partial charge in [-0.1, -0.05) is 47.5 Å². The van der Waals surface area contributed by atoms with E-state index in [1.54, 1.807) is 42.5 Å². The Morgan fingerprint density at radius 3 is 2.61 bits per heavy atom. The number of carbonyl (C=O) groups is 1. The van der Waals surface area contributed by atoms with E-state index in [4.69, 9.17) is 23.2 Å². The Labute approximate surface area is 143 Å². The molecule has 5 heteroatoms. The lowest BCUT2D eigenvalue weighted by molar-refractivity contribution is -0.115. The van der Waals surface area contributed by atoms with Crippen LogP contribution in [-0.4, -0.2) is 11.0 Å². The van der Waals surface area contributed by atoms with Crippen molar-refractivity contribution >= 4 is 45.6 Å². The summed E-state index contributed by atoms with van der Waals surface area (Å²) in [4.78, 5) is 12.3. The van der Waals surface area contributed by atoms with Crippen LogP contribution in [0, 0.1) is 0 Å². The van der Waals surface area contributed by atoms with Crippen molar-refractivity contribution in [3.05, 3.63) is 70.2 Å². The molecule has 0 unspecified atom stereocenters. The highest BCUT2D eigenvalue weighted by atomic mass is 35.5. The van der Waals surface area contributed by atoms with Gasteiger partial charge in [-0.05, 0) is 41.3 Å². The summed E-state index contributed by atoms with van der Waals surface area (Å²) in [6.45, 7) is 0. The van der Waals surface area contributed by atoms with E-state index in [9.17, 15) is 9.90 Å². The fourth-order valence-corrected chi connectivity index (χ4v) is 2.72. The first kappa shape index (κ1) is 15.7. The average molecular weight is 346 g/mol. The first-order chi connectivity index (χ1) is 11.0. The molecule has 3 aromatic carbocycles. The average Bonchev–Trinajstić information content (AvgIpc) is 2.51. The van der Waals surface area contributed by atoms with E-state index in [1.165, 1.54) is 0 Å². The molecule has 3 aromatic rings. The van der Waals surface area contributed by atoms with Gasteiger partial charge in [0.2, 0.25) is 5.91 Å². The molecule has 2 N–H and O–H groups in total. The Morgan fingerprint density at radius 1 is 1.00 bits per heavy atom. The van der Waals surface area contributed by atoms with Crippen LogP contribution in [0.5, 0.6) is 5.75 Å². The Kier molecular flexibility index (Phi) is 4.42. The normalized spacial score (nSPS) is 10.7. The molecule has 0 radical (unpaired) electrons. The topological polar surface area (TPSA) is 49.3 Å². The van der Waals surface area contributed by atoms with Gasteiger partial charge in [0.15, 0.2) is 0 Å². The number of benzene rings is 3. The number of hydrogen-bond acceptors (Lipinski definition) is 2. The molecule has 3 rings (SSSR count). The van der Waals surface area contributed by atoms with Gasteiger partial charge in [-0.15, -0.1) is 0 Å².